The van der Waals surface area contributed by atoms with Crippen LogP contribution in [0.2, 0.25) is 10.0 Å². The maximum Gasteiger partial charge on any atom is 0.153 e. The molecule has 0 spiro atoms. The van der Waals surface area contributed by atoms with Gasteiger partial charge in [0, 0.05) is 16.0 Å². The number of halogens is 2. The third kappa shape index (κ3) is 1.58. The molecule has 0 radical (unpaired) electrons. The molecule has 0 aliphatic heterocycles. The lowest BCUT2D eigenvalue weighted by Gasteiger charge is -1.96. The second-order valence-electron chi connectivity index (χ2n) is 3.11. The Morgan fingerprint density at radius 3 is 2.67 bits per heavy atom. The molecular weight excluding hydrogens is 239 g/mol. The molecule has 5 heteroatoms. The molecule has 0 unspecified atom stereocenters. The number of hydrogen-bond donors (Lipinski definition) is 0. The van der Waals surface area contributed by atoms with Crippen LogP contribution < -0.4 is 5.11 Å². The Bertz CT molecular complexity index is 557. The van der Waals surface area contributed by atoms with Crippen molar-refractivity contribution in [3.05, 3.63) is 33.5 Å². The second kappa shape index (κ2) is 3.43. The van der Waals surface area contributed by atoms with Gasteiger partial charge in [0.05, 0.1) is 5.02 Å². The van der Waals surface area contributed by atoms with Crippen molar-refractivity contribution in [2.45, 2.75) is 6.92 Å². The lowest BCUT2D eigenvalue weighted by molar-refractivity contribution is -0.257. The van der Waals surface area contributed by atoms with E-state index < -0.39 is 5.97 Å². The number of carboxylic acid groups (broad SMARTS) is 1. The highest BCUT2D eigenvalue weighted by atomic mass is 35.5. The molecule has 78 valence electrons. The van der Waals surface area contributed by atoms with Crippen molar-refractivity contribution in [2.75, 3.05) is 0 Å². The van der Waals surface area contributed by atoms with Gasteiger partial charge in [-0.1, -0.05) is 23.2 Å². The van der Waals surface area contributed by atoms with Gasteiger partial charge in [0.15, 0.2) is 11.3 Å². The Labute approximate surface area is 95.2 Å². The maximum absolute atomic E-state index is 10.7. The second-order valence-corrected chi connectivity index (χ2v) is 3.95. The minimum Gasteiger partial charge on any atom is -0.542 e. The summed E-state index contributed by atoms with van der Waals surface area (Å²) in [7, 11) is 0. The van der Waals surface area contributed by atoms with E-state index in [9.17, 15) is 9.90 Å². The van der Waals surface area contributed by atoms with Gasteiger partial charge in [-0.2, -0.15) is 0 Å². The first-order valence-electron chi connectivity index (χ1n) is 4.10. The van der Waals surface area contributed by atoms with E-state index in [0.29, 0.717) is 21.6 Å². The van der Waals surface area contributed by atoms with E-state index in [1.807, 2.05) is 0 Å². The van der Waals surface area contributed by atoms with E-state index >= 15 is 0 Å². The summed E-state index contributed by atoms with van der Waals surface area (Å²) in [5, 5.41) is 12.0. The minimum absolute atomic E-state index is 0.214. The highest BCUT2D eigenvalue weighted by molar-refractivity contribution is 6.38. The van der Waals surface area contributed by atoms with Gasteiger partial charge in [-0.25, -0.2) is 0 Å². The fraction of sp³-hybridized carbons (Fsp3) is 0.100. The molecule has 1 aromatic heterocycles. The van der Waals surface area contributed by atoms with Gasteiger partial charge in [0.2, 0.25) is 0 Å². The molecule has 1 aromatic carbocycles. The number of fused-ring (bicyclic) bond motifs is 1. The molecule has 0 saturated heterocycles. The van der Waals surface area contributed by atoms with Crippen LogP contribution in [0.4, 0.5) is 0 Å². The number of aryl methyl sites for hydroxylation is 1. The van der Waals surface area contributed by atoms with Crippen molar-refractivity contribution in [2.24, 2.45) is 0 Å². The normalized spacial score (nSPS) is 10.9. The van der Waals surface area contributed by atoms with Crippen LogP contribution in [0, 0.1) is 6.92 Å². The summed E-state index contributed by atoms with van der Waals surface area (Å²) >= 11 is 11.7. The molecule has 1 heterocycles. The van der Waals surface area contributed by atoms with Crippen molar-refractivity contribution in [1.29, 1.82) is 0 Å². The van der Waals surface area contributed by atoms with Crippen molar-refractivity contribution >= 4 is 40.1 Å². The van der Waals surface area contributed by atoms with Crippen LogP contribution in [-0.2, 0) is 0 Å². The van der Waals surface area contributed by atoms with Crippen LogP contribution in [0.5, 0.6) is 0 Å². The summed E-state index contributed by atoms with van der Waals surface area (Å²) < 4.78 is 5.09. The van der Waals surface area contributed by atoms with E-state index in [4.69, 9.17) is 27.6 Å². The molecule has 2 aromatic rings. The first kappa shape index (κ1) is 10.3. The monoisotopic (exact) mass is 243 g/mol. The summed E-state index contributed by atoms with van der Waals surface area (Å²) in [5.41, 5.74) is 0.784. The molecule has 2 rings (SSSR count). The predicted molar refractivity (Wildman–Crippen MR) is 55.3 cm³/mol. The number of benzene rings is 1. The smallest absolute Gasteiger partial charge is 0.153 e. The van der Waals surface area contributed by atoms with E-state index in [1.165, 1.54) is 6.07 Å². The van der Waals surface area contributed by atoms with E-state index in [2.05, 4.69) is 0 Å². The number of hydrogen-bond acceptors (Lipinski definition) is 3. The van der Waals surface area contributed by atoms with E-state index in [-0.39, 0.29) is 10.8 Å². The van der Waals surface area contributed by atoms with Crippen LogP contribution in [0.25, 0.3) is 11.0 Å². The number of rotatable bonds is 1. The molecular formula is C10H5Cl2O3-. The Morgan fingerprint density at radius 2 is 2.07 bits per heavy atom. The topological polar surface area (TPSA) is 53.3 Å². The summed E-state index contributed by atoms with van der Waals surface area (Å²) in [6.45, 7) is 1.61. The van der Waals surface area contributed by atoms with Gasteiger partial charge in [-0.05, 0) is 19.1 Å². The molecule has 15 heavy (non-hydrogen) atoms. The van der Waals surface area contributed by atoms with E-state index in [0.717, 1.165) is 0 Å². The zero-order valence-electron chi connectivity index (χ0n) is 7.64. The standard InChI is InChI=1S/C10H6Cl2O3/c1-4-6-2-5(11)3-7(12)9(6)15-8(4)10(13)14/h2-3H,1H3,(H,13,14)/p-1. The Balaban J connectivity index is 2.88. The fourth-order valence-corrected chi connectivity index (χ4v) is 1.97. The molecule has 0 aliphatic carbocycles. The molecule has 0 bridgehead atoms. The lowest BCUT2D eigenvalue weighted by Crippen LogP contribution is -2.22. The molecule has 0 fully saturated rings. The lowest BCUT2D eigenvalue weighted by atomic mass is 10.1. The highest BCUT2D eigenvalue weighted by Gasteiger charge is 2.14. The SMILES string of the molecule is Cc1c(C(=O)[O-])oc2c(Cl)cc(Cl)cc12. The summed E-state index contributed by atoms with van der Waals surface area (Å²) in [6, 6.07) is 3.10. The van der Waals surface area contributed by atoms with Crippen LogP contribution in [0.3, 0.4) is 0 Å². The molecule has 0 N–H and O–H groups in total. The fourth-order valence-electron chi connectivity index (χ4n) is 1.44. The zero-order valence-corrected chi connectivity index (χ0v) is 9.15. The van der Waals surface area contributed by atoms with Crippen molar-refractivity contribution < 1.29 is 14.3 Å². The largest absolute Gasteiger partial charge is 0.542 e. The zero-order chi connectivity index (χ0) is 11.2. The van der Waals surface area contributed by atoms with Gasteiger partial charge < -0.3 is 14.3 Å². The van der Waals surface area contributed by atoms with Crippen LogP contribution in [0.15, 0.2) is 16.5 Å². The van der Waals surface area contributed by atoms with Crippen LogP contribution >= 0.6 is 23.2 Å². The number of carbonyl (C=O) groups is 1. The first-order chi connectivity index (χ1) is 7.00. The minimum atomic E-state index is -1.36. The highest BCUT2D eigenvalue weighted by Crippen LogP contribution is 2.33. The van der Waals surface area contributed by atoms with Gasteiger partial charge in [0.25, 0.3) is 0 Å². The molecule has 3 nitrogen and oxygen atoms in total. The van der Waals surface area contributed by atoms with Crippen molar-refractivity contribution in [1.82, 2.24) is 0 Å². The van der Waals surface area contributed by atoms with Gasteiger partial charge >= 0.3 is 0 Å². The average Bonchev–Trinajstić information content (AvgIpc) is 2.44. The number of carbonyl (C=O) groups excluding carboxylic acids is 1. The number of aromatic carboxylic acids is 1. The predicted octanol–water partition coefficient (Wildman–Crippen LogP) is 2.41. The van der Waals surface area contributed by atoms with E-state index in [1.54, 1.807) is 13.0 Å². The van der Waals surface area contributed by atoms with Crippen LogP contribution in [0.1, 0.15) is 16.1 Å². The van der Waals surface area contributed by atoms with Gasteiger partial charge in [-0.15, -0.1) is 0 Å². The summed E-state index contributed by atoms with van der Waals surface area (Å²) in [6.07, 6.45) is 0. The number of furan rings is 1. The average molecular weight is 244 g/mol. The number of carboxylic acids is 1. The summed E-state index contributed by atoms with van der Waals surface area (Å²) in [5.74, 6) is -1.58. The van der Waals surface area contributed by atoms with Crippen LogP contribution in [-0.4, -0.2) is 5.97 Å². The molecule has 0 atom stereocenters. The Kier molecular flexibility index (Phi) is 2.37. The molecule has 0 saturated carbocycles. The van der Waals surface area contributed by atoms with Gasteiger partial charge in [-0.3, -0.25) is 0 Å². The molecule has 0 amide bonds. The third-order valence-electron chi connectivity index (χ3n) is 2.14. The first-order valence-corrected chi connectivity index (χ1v) is 4.86. The maximum atomic E-state index is 10.7. The Hall–Kier alpha value is -1.19. The molecule has 0 aliphatic rings. The van der Waals surface area contributed by atoms with Crippen molar-refractivity contribution in [3.8, 4) is 0 Å². The Morgan fingerprint density at radius 1 is 1.40 bits per heavy atom. The quantitative estimate of drug-likeness (QED) is 0.773. The van der Waals surface area contributed by atoms with Gasteiger partial charge in [0.1, 0.15) is 5.97 Å². The summed E-state index contributed by atoms with van der Waals surface area (Å²) in [4.78, 5) is 10.7. The van der Waals surface area contributed by atoms with Crippen molar-refractivity contribution in [3.63, 3.8) is 0 Å². The third-order valence-corrected chi connectivity index (χ3v) is 2.64.